The lowest BCUT2D eigenvalue weighted by atomic mass is 10.2. The Balaban J connectivity index is 1.80. The van der Waals surface area contributed by atoms with E-state index in [9.17, 15) is 21.6 Å². The number of alkyl halides is 3. The quantitative estimate of drug-likeness (QED) is 0.636. The van der Waals surface area contributed by atoms with Crippen LogP contribution in [0.1, 0.15) is 11.5 Å². The zero-order valence-corrected chi connectivity index (χ0v) is 15.4. The predicted octanol–water partition coefficient (Wildman–Crippen LogP) is 3.67. The number of hydrogen-bond acceptors (Lipinski definition) is 6. The third-order valence-corrected chi connectivity index (χ3v) is 4.79. The summed E-state index contributed by atoms with van der Waals surface area (Å²) in [7, 11) is -4.53. The van der Waals surface area contributed by atoms with Crippen LogP contribution in [0.3, 0.4) is 0 Å². The van der Waals surface area contributed by atoms with Crippen LogP contribution in [0.15, 0.2) is 51.9 Å². The van der Waals surface area contributed by atoms with Crippen molar-refractivity contribution in [3.05, 3.63) is 58.9 Å². The summed E-state index contributed by atoms with van der Waals surface area (Å²) in [5.74, 6) is 0.374. The van der Waals surface area contributed by atoms with Crippen LogP contribution >= 0.6 is 11.6 Å². The van der Waals surface area contributed by atoms with Crippen molar-refractivity contribution in [1.82, 2.24) is 10.1 Å². The second-order valence-corrected chi connectivity index (χ2v) is 7.60. The monoisotopic (exact) mass is 432 g/mol. The summed E-state index contributed by atoms with van der Waals surface area (Å²) in [5.41, 5.74) is -0.758. The summed E-state index contributed by atoms with van der Waals surface area (Å²) < 4.78 is 67.2. The molecule has 0 atom stereocenters. The van der Waals surface area contributed by atoms with Crippen molar-refractivity contribution < 1.29 is 26.1 Å². The smallest absolute Gasteiger partial charge is 0.376 e. The Labute approximate surface area is 162 Å². The second kappa shape index (κ2) is 7.41. The standard InChI is InChI=1S/C16H12ClF3N4O3S/c17-10-3-1-2-9(6-10)15-23-14(27-24-15)8-22-11-4-5-13(28(21,25)26)12(7-11)16(18,19)20/h1-7,22H,8H2,(H2,21,25,26). The average Bonchev–Trinajstić information content (AvgIpc) is 3.07. The minimum absolute atomic E-state index is 0.00207. The molecule has 3 rings (SSSR count). The first-order valence-corrected chi connectivity index (χ1v) is 9.53. The van der Waals surface area contributed by atoms with Crippen LogP contribution in [-0.4, -0.2) is 18.6 Å². The number of benzene rings is 2. The number of aromatic nitrogens is 2. The van der Waals surface area contributed by atoms with Crippen molar-refractivity contribution in [2.45, 2.75) is 17.6 Å². The van der Waals surface area contributed by atoms with Gasteiger partial charge in [0.15, 0.2) is 0 Å². The number of primary sulfonamides is 1. The van der Waals surface area contributed by atoms with Gasteiger partial charge >= 0.3 is 6.18 Å². The van der Waals surface area contributed by atoms with E-state index in [0.29, 0.717) is 16.7 Å². The highest BCUT2D eigenvalue weighted by atomic mass is 35.5. The zero-order valence-electron chi connectivity index (χ0n) is 13.9. The average molecular weight is 433 g/mol. The van der Waals surface area contributed by atoms with Crippen LogP contribution in [0.25, 0.3) is 11.4 Å². The summed E-state index contributed by atoms with van der Waals surface area (Å²) in [6.07, 6.45) is -4.90. The molecule has 28 heavy (non-hydrogen) atoms. The van der Waals surface area contributed by atoms with Gasteiger partial charge in [0, 0.05) is 16.3 Å². The molecule has 1 aromatic heterocycles. The van der Waals surface area contributed by atoms with Crippen molar-refractivity contribution >= 4 is 27.3 Å². The summed E-state index contributed by atoms with van der Waals surface area (Å²) >= 11 is 5.90. The van der Waals surface area contributed by atoms with Gasteiger partial charge < -0.3 is 9.84 Å². The fourth-order valence-corrected chi connectivity index (χ4v) is 3.29. The number of anilines is 1. The van der Waals surface area contributed by atoms with Gasteiger partial charge in [0.2, 0.25) is 21.7 Å². The van der Waals surface area contributed by atoms with E-state index in [1.165, 1.54) is 0 Å². The molecule has 2 aromatic carbocycles. The van der Waals surface area contributed by atoms with Gasteiger partial charge in [0.05, 0.1) is 17.0 Å². The van der Waals surface area contributed by atoms with Gasteiger partial charge in [-0.05, 0) is 30.3 Å². The number of rotatable bonds is 5. The lowest BCUT2D eigenvalue weighted by Crippen LogP contribution is -2.19. The van der Waals surface area contributed by atoms with Crippen LogP contribution in [0.5, 0.6) is 0 Å². The Morgan fingerprint density at radius 1 is 1.18 bits per heavy atom. The van der Waals surface area contributed by atoms with Gasteiger partial charge in [-0.3, -0.25) is 0 Å². The van der Waals surface area contributed by atoms with E-state index in [1.807, 2.05) is 0 Å². The molecule has 0 saturated carbocycles. The Morgan fingerprint density at radius 2 is 1.93 bits per heavy atom. The molecule has 148 valence electrons. The third-order valence-electron chi connectivity index (χ3n) is 3.59. The SMILES string of the molecule is NS(=O)(=O)c1ccc(NCc2nc(-c3cccc(Cl)c3)no2)cc1C(F)(F)F. The molecule has 0 aliphatic carbocycles. The van der Waals surface area contributed by atoms with E-state index in [0.717, 1.165) is 12.1 Å². The van der Waals surface area contributed by atoms with Gasteiger partial charge in [0.25, 0.3) is 0 Å². The molecule has 0 spiro atoms. The Hall–Kier alpha value is -2.63. The van der Waals surface area contributed by atoms with Gasteiger partial charge in [-0.2, -0.15) is 18.2 Å². The Kier molecular flexibility index (Phi) is 5.33. The summed E-state index contributed by atoms with van der Waals surface area (Å²) in [4.78, 5) is 3.12. The van der Waals surface area contributed by atoms with E-state index in [-0.39, 0.29) is 23.9 Å². The van der Waals surface area contributed by atoms with Crippen LogP contribution in [0.2, 0.25) is 5.02 Å². The van der Waals surface area contributed by atoms with Gasteiger partial charge in [-0.1, -0.05) is 28.9 Å². The maximum atomic E-state index is 13.1. The van der Waals surface area contributed by atoms with Crippen molar-refractivity contribution in [2.24, 2.45) is 5.14 Å². The molecule has 0 aliphatic rings. The predicted molar refractivity (Wildman–Crippen MR) is 94.9 cm³/mol. The fourth-order valence-electron chi connectivity index (χ4n) is 2.36. The minimum Gasteiger partial charge on any atom is -0.376 e. The fraction of sp³-hybridized carbons (Fsp3) is 0.125. The highest BCUT2D eigenvalue weighted by Crippen LogP contribution is 2.35. The topological polar surface area (TPSA) is 111 Å². The highest BCUT2D eigenvalue weighted by molar-refractivity contribution is 7.89. The molecule has 12 heteroatoms. The number of nitrogens with one attached hydrogen (secondary N) is 1. The molecule has 3 N–H and O–H groups in total. The summed E-state index contributed by atoms with van der Waals surface area (Å²) in [6.45, 7) is -0.0837. The maximum absolute atomic E-state index is 13.1. The first-order chi connectivity index (χ1) is 13.0. The van der Waals surface area contributed by atoms with E-state index < -0.39 is 26.7 Å². The molecule has 0 aliphatic heterocycles. The first-order valence-electron chi connectivity index (χ1n) is 7.60. The molecular weight excluding hydrogens is 421 g/mol. The van der Waals surface area contributed by atoms with E-state index in [1.54, 1.807) is 24.3 Å². The molecule has 0 unspecified atom stereocenters. The molecule has 0 saturated heterocycles. The molecule has 1 heterocycles. The molecule has 0 fully saturated rings. The number of halogens is 4. The zero-order chi connectivity index (χ0) is 20.5. The molecular formula is C16H12ClF3N4O3S. The van der Waals surface area contributed by atoms with Crippen LogP contribution in [-0.2, 0) is 22.7 Å². The lowest BCUT2D eigenvalue weighted by molar-refractivity contribution is -0.139. The van der Waals surface area contributed by atoms with Gasteiger partial charge in [-0.25, -0.2) is 13.6 Å². The minimum atomic E-state index is -4.90. The summed E-state index contributed by atoms with van der Waals surface area (Å²) in [6, 6.07) is 9.32. The van der Waals surface area contributed by atoms with Crippen LogP contribution < -0.4 is 10.5 Å². The number of nitrogens with zero attached hydrogens (tertiary/aromatic N) is 2. The Bertz CT molecular complexity index is 1120. The maximum Gasteiger partial charge on any atom is 0.417 e. The van der Waals surface area contributed by atoms with Crippen molar-refractivity contribution in [1.29, 1.82) is 0 Å². The number of hydrogen-bond donors (Lipinski definition) is 2. The normalized spacial score (nSPS) is 12.2. The summed E-state index contributed by atoms with van der Waals surface area (Å²) in [5, 5.41) is 11.8. The van der Waals surface area contributed by atoms with Gasteiger partial charge in [-0.15, -0.1) is 0 Å². The highest BCUT2D eigenvalue weighted by Gasteiger charge is 2.36. The van der Waals surface area contributed by atoms with E-state index in [2.05, 4.69) is 15.5 Å². The number of sulfonamides is 1. The lowest BCUT2D eigenvalue weighted by Gasteiger charge is -2.13. The van der Waals surface area contributed by atoms with Crippen molar-refractivity contribution in [3.63, 3.8) is 0 Å². The molecule has 0 bridgehead atoms. The Morgan fingerprint density at radius 3 is 2.57 bits per heavy atom. The van der Waals surface area contributed by atoms with Crippen LogP contribution in [0, 0.1) is 0 Å². The third kappa shape index (κ3) is 4.61. The number of nitrogens with two attached hydrogens (primary N) is 1. The molecule has 3 aromatic rings. The van der Waals surface area contributed by atoms with Crippen molar-refractivity contribution in [3.8, 4) is 11.4 Å². The molecule has 7 nitrogen and oxygen atoms in total. The van der Waals surface area contributed by atoms with Crippen LogP contribution in [0.4, 0.5) is 18.9 Å². The molecule has 0 radical (unpaired) electrons. The largest absolute Gasteiger partial charge is 0.417 e. The van der Waals surface area contributed by atoms with E-state index >= 15 is 0 Å². The first kappa shape index (κ1) is 20.1. The molecule has 0 amide bonds. The van der Waals surface area contributed by atoms with E-state index in [4.69, 9.17) is 21.3 Å². The second-order valence-electron chi connectivity index (χ2n) is 5.63. The van der Waals surface area contributed by atoms with Gasteiger partial charge in [0.1, 0.15) is 0 Å². The van der Waals surface area contributed by atoms with Crippen molar-refractivity contribution in [2.75, 3.05) is 5.32 Å².